The fourth-order valence-corrected chi connectivity index (χ4v) is 2.62. The van der Waals surface area contributed by atoms with Gasteiger partial charge in [0.25, 0.3) is 0 Å². The number of rotatable bonds is 1. The molecule has 0 aromatic carbocycles. The van der Waals surface area contributed by atoms with Gasteiger partial charge in [0.15, 0.2) is 0 Å². The van der Waals surface area contributed by atoms with Crippen LogP contribution in [-0.4, -0.2) is 29.1 Å². The van der Waals surface area contributed by atoms with E-state index in [1.165, 1.54) is 25.7 Å². The molecule has 0 bridgehead atoms. The first kappa shape index (κ1) is 10.8. The zero-order chi connectivity index (χ0) is 10.8. The van der Waals surface area contributed by atoms with E-state index in [0.717, 1.165) is 12.8 Å². The molecule has 15 heavy (non-hydrogen) atoms. The molecule has 1 N–H and O–H groups in total. The van der Waals surface area contributed by atoms with E-state index in [2.05, 4.69) is 19.2 Å². The number of amides is 2. The number of hydrogen-bond acceptors (Lipinski definition) is 1. The Bertz CT molecular complexity index is 228. The van der Waals surface area contributed by atoms with Gasteiger partial charge in [-0.05, 0) is 52.4 Å². The van der Waals surface area contributed by atoms with Crippen molar-refractivity contribution in [2.24, 2.45) is 0 Å². The van der Waals surface area contributed by atoms with Gasteiger partial charge in [0.1, 0.15) is 0 Å². The van der Waals surface area contributed by atoms with Crippen molar-refractivity contribution in [3.8, 4) is 0 Å². The average Bonchev–Trinajstić information content (AvgIpc) is 2.11. The van der Waals surface area contributed by atoms with E-state index in [-0.39, 0.29) is 6.03 Å². The smallest absolute Gasteiger partial charge is 0.318 e. The van der Waals surface area contributed by atoms with E-state index in [1.54, 1.807) is 0 Å². The first-order valence-electron chi connectivity index (χ1n) is 6.27. The highest BCUT2D eigenvalue weighted by molar-refractivity contribution is 5.75. The summed E-state index contributed by atoms with van der Waals surface area (Å²) in [4.78, 5) is 14.1. The molecule has 86 valence electrons. The summed E-state index contributed by atoms with van der Waals surface area (Å²) in [7, 11) is 0. The van der Waals surface area contributed by atoms with Crippen LogP contribution >= 0.6 is 0 Å². The van der Waals surface area contributed by atoms with Gasteiger partial charge in [-0.2, -0.15) is 0 Å². The molecule has 0 aromatic rings. The van der Waals surface area contributed by atoms with E-state index in [4.69, 9.17) is 0 Å². The Kier molecular flexibility index (Phi) is 3.17. The Labute approximate surface area is 92.2 Å². The van der Waals surface area contributed by atoms with Crippen LogP contribution in [0.3, 0.4) is 0 Å². The van der Waals surface area contributed by atoms with E-state index in [9.17, 15) is 4.79 Å². The number of nitrogens with zero attached hydrogens (tertiary/aromatic N) is 1. The van der Waals surface area contributed by atoms with Gasteiger partial charge in [0.05, 0.1) is 0 Å². The monoisotopic (exact) mass is 210 g/mol. The summed E-state index contributed by atoms with van der Waals surface area (Å²) in [5.74, 6) is 0. The van der Waals surface area contributed by atoms with Crippen molar-refractivity contribution in [2.75, 3.05) is 0 Å². The third-order valence-corrected chi connectivity index (χ3v) is 3.86. The fraction of sp³-hybridized carbons (Fsp3) is 0.917. The summed E-state index contributed by atoms with van der Waals surface area (Å²) in [6, 6.07) is 1.45. The lowest BCUT2D eigenvalue weighted by molar-refractivity contribution is 0.117. The maximum absolute atomic E-state index is 12.0. The molecule has 2 aliphatic rings. The van der Waals surface area contributed by atoms with Gasteiger partial charge in [0, 0.05) is 18.1 Å². The first-order chi connectivity index (χ1) is 7.18. The second kappa shape index (κ2) is 4.42. The van der Waals surface area contributed by atoms with Crippen molar-refractivity contribution in [3.05, 3.63) is 0 Å². The zero-order valence-corrected chi connectivity index (χ0v) is 9.83. The van der Waals surface area contributed by atoms with Crippen LogP contribution in [0, 0.1) is 0 Å². The summed E-state index contributed by atoms with van der Waals surface area (Å²) >= 11 is 0. The van der Waals surface area contributed by atoms with Crippen LogP contribution in [0.15, 0.2) is 0 Å². The molecule has 1 saturated heterocycles. The molecule has 0 spiro atoms. The Morgan fingerprint density at radius 3 is 2.07 bits per heavy atom. The minimum absolute atomic E-state index is 0.166. The van der Waals surface area contributed by atoms with Crippen LogP contribution in [0.2, 0.25) is 0 Å². The van der Waals surface area contributed by atoms with Gasteiger partial charge in [-0.25, -0.2) is 4.79 Å². The van der Waals surface area contributed by atoms with Gasteiger partial charge in [-0.3, -0.25) is 0 Å². The third-order valence-electron chi connectivity index (χ3n) is 3.86. The lowest BCUT2D eigenvalue weighted by Crippen LogP contribution is -2.54. The van der Waals surface area contributed by atoms with Crippen LogP contribution in [0.4, 0.5) is 4.79 Å². The molecule has 3 nitrogen and oxygen atoms in total. The molecular weight excluding hydrogens is 188 g/mol. The molecule has 2 unspecified atom stereocenters. The van der Waals surface area contributed by atoms with Crippen LogP contribution in [0.1, 0.15) is 52.4 Å². The van der Waals surface area contributed by atoms with Crippen molar-refractivity contribution in [1.82, 2.24) is 10.2 Å². The van der Waals surface area contributed by atoms with Crippen LogP contribution in [-0.2, 0) is 0 Å². The summed E-state index contributed by atoms with van der Waals surface area (Å²) in [5, 5.41) is 3.13. The first-order valence-corrected chi connectivity index (χ1v) is 6.27. The topological polar surface area (TPSA) is 32.3 Å². The molecule has 1 aliphatic carbocycles. The highest BCUT2D eigenvalue weighted by atomic mass is 16.2. The molecule has 1 aliphatic heterocycles. The van der Waals surface area contributed by atoms with E-state index >= 15 is 0 Å². The van der Waals surface area contributed by atoms with Crippen LogP contribution in [0.5, 0.6) is 0 Å². The predicted molar refractivity (Wildman–Crippen MR) is 60.8 cm³/mol. The van der Waals surface area contributed by atoms with Crippen LogP contribution < -0.4 is 5.32 Å². The number of hydrogen-bond donors (Lipinski definition) is 1. The summed E-state index contributed by atoms with van der Waals surface area (Å²) in [6.45, 7) is 4.33. The average molecular weight is 210 g/mol. The molecule has 3 heteroatoms. The predicted octanol–water partition coefficient (Wildman–Crippen LogP) is 2.51. The molecule has 2 rings (SSSR count). The minimum atomic E-state index is 0.166. The van der Waals surface area contributed by atoms with Crippen molar-refractivity contribution < 1.29 is 4.79 Å². The van der Waals surface area contributed by atoms with Gasteiger partial charge in [-0.15, -0.1) is 0 Å². The summed E-state index contributed by atoms with van der Waals surface area (Å²) in [6.07, 6.45) is 7.18. The van der Waals surface area contributed by atoms with Gasteiger partial charge < -0.3 is 10.2 Å². The third kappa shape index (κ3) is 2.27. The Morgan fingerprint density at radius 1 is 1.07 bits per heavy atom. The molecule has 1 heterocycles. The largest absolute Gasteiger partial charge is 0.335 e. The van der Waals surface area contributed by atoms with Gasteiger partial charge >= 0.3 is 6.03 Å². The number of carbonyl (C=O) groups excluding carboxylic acids is 1. The molecule has 2 fully saturated rings. The fourth-order valence-electron chi connectivity index (χ4n) is 2.62. The molecule has 0 radical (unpaired) electrons. The highest BCUT2D eigenvalue weighted by Gasteiger charge is 2.30. The number of nitrogens with one attached hydrogen (secondary N) is 1. The highest BCUT2D eigenvalue weighted by Crippen LogP contribution is 2.24. The molecule has 2 amide bonds. The number of carbonyl (C=O) groups is 1. The van der Waals surface area contributed by atoms with E-state index in [0.29, 0.717) is 18.1 Å². The lowest BCUT2D eigenvalue weighted by Gasteiger charge is -2.40. The Hall–Kier alpha value is -0.730. The standard InChI is InChI=1S/C12H22N2O/c1-9-5-3-6-10(2)14(9)12(15)13-11-7-4-8-11/h9-11H,3-8H2,1-2H3,(H,13,15). The summed E-state index contributed by atoms with van der Waals surface area (Å²) < 4.78 is 0. The van der Waals surface area contributed by atoms with Crippen LogP contribution in [0.25, 0.3) is 0 Å². The zero-order valence-electron chi connectivity index (χ0n) is 9.83. The molecule has 1 saturated carbocycles. The SMILES string of the molecule is CC1CCCC(C)N1C(=O)NC1CCC1. The van der Waals surface area contributed by atoms with Gasteiger partial charge in [0.2, 0.25) is 0 Å². The summed E-state index contributed by atoms with van der Waals surface area (Å²) in [5.41, 5.74) is 0. The normalized spacial score (nSPS) is 32.3. The van der Waals surface area contributed by atoms with E-state index < -0.39 is 0 Å². The second-order valence-electron chi connectivity index (χ2n) is 5.11. The molecular formula is C12H22N2O. The maximum atomic E-state index is 12.0. The second-order valence-corrected chi connectivity index (χ2v) is 5.11. The molecule has 0 aromatic heterocycles. The number of likely N-dealkylation sites (tertiary alicyclic amines) is 1. The van der Waals surface area contributed by atoms with Crippen molar-refractivity contribution in [3.63, 3.8) is 0 Å². The number of urea groups is 1. The van der Waals surface area contributed by atoms with Crippen molar-refractivity contribution >= 4 is 6.03 Å². The lowest BCUT2D eigenvalue weighted by atomic mass is 9.93. The quantitative estimate of drug-likeness (QED) is 0.708. The molecule has 2 atom stereocenters. The van der Waals surface area contributed by atoms with E-state index in [1.807, 2.05) is 4.90 Å². The van der Waals surface area contributed by atoms with Gasteiger partial charge in [-0.1, -0.05) is 0 Å². The maximum Gasteiger partial charge on any atom is 0.318 e. The Morgan fingerprint density at radius 2 is 1.60 bits per heavy atom. The number of piperidine rings is 1. The Balaban J connectivity index is 1.90. The minimum Gasteiger partial charge on any atom is -0.335 e. The van der Waals surface area contributed by atoms with Crippen molar-refractivity contribution in [2.45, 2.75) is 70.5 Å². The van der Waals surface area contributed by atoms with Crippen molar-refractivity contribution in [1.29, 1.82) is 0 Å².